The number of para-hydroxylation sites is 1. The second-order valence-electron chi connectivity index (χ2n) is 6.82. The summed E-state index contributed by atoms with van der Waals surface area (Å²) in [5, 5.41) is 0.967. The highest BCUT2D eigenvalue weighted by Crippen LogP contribution is 2.22. The van der Waals surface area contributed by atoms with E-state index in [0.29, 0.717) is 27.4 Å². The quantitative estimate of drug-likeness (QED) is 0.282. The molecule has 0 aliphatic heterocycles. The molecule has 0 atom stereocenters. The van der Waals surface area contributed by atoms with Gasteiger partial charge in [0, 0.05) is 11.8 Å². The second-order valence-corrected chi connectivity index (χ2v) is 7.77. The Morgan fingerprint density at radius 1 is 0.966 bits per heavy atom. The molecule has 4 rings (SSSR count). The zero-order chi connectivity index (χ0) is 20.4. The van der Waals surface area contributed by atoms with Crippen LogP contribution in [0.3, 0.4) is 0 Å². The molecule has 0 spiro atoms. The maximum Gasteiger partial charge on any atom is 0.267 e. The zero-order valence-corrected chi connectivity index (χ0v) is 16.9. The number of pyridine rings is 1. The van der Waals surface area contributed by atoms with E-state index in [4.69, 9.17) is 0 Å². The molecule has 2 aromatic heterocycles. The van der Waals surface area contributed by atoms with Crippen LogP contribution >= 0.6 is 11.8 Å². The number of hydrogen-bond donors (Lipinski definition) is 0. The molecule has 0 fully saturated rings. The fourth-order valence-corrected chi connectivity index (χ4v) is 3.85. The van der Waals surface area contributed by atoms with E-state index in [1.165, 1.54) is 16.3 Å². The van der Waals surface area contributed by atoms with Crippen LogP contribution in [0.25, 0.3) is 16.7 Å². The normalized spacial score (nSPS) is 11.0. The van der Waals surface area contributed by atoms with Crippen molar-refractivity contribution in [1.82, 2.24) is 14.5 Å². The molecule has 0 radical (unpaired) electrons. The Hall–Kier alpha value is -3.25. The minimum absolute atomic E-state index is 0.0131. The highest BCUT2D eigenvalue weighted by molar-refractivity contribution is 7.99. The smallest absolute Gasteiger partial charge is 0.267 e. The predicted molar refractivity (Wildman–Crippen MR) is 116 cm³/mol. The number of fused-ring (bicyclic) bond motifs is 1. The summed E-state index contributed by atoms with van der Waals surface area (Å²) in [7, 11) is 0. The Balaban J connectivity index is 1.75. The lowest BCUT2D eigenvalue weighted by molar-refractivity contribution is 0.102. The standard InChI is InChI=1S/C23H19N3O2S/c1-15-7-10-17(11-8-15)20(27)14-29-23-25-19-6-4-3-5-18(19)22(28)26(23)21-12-9-16(2)13-24-21/h3-13H,14H2,1-2H3. The van der Waals surface area contributed by atoms with E-state index in [0.717, 1.165) is 11.1 Å². The number of aryl methyl sites for hydroxylation is 2. The molecular weight excluding hydrogens is 382 g/mol. The Morgan fingerprint density at radius 2 is 1.69 bits per heavy atom. The van der Waals surface area contributed by atoms with Crippen LogP contribution in [0.2, 0.25) is 0 Å². The number of nitrogens with zero attached hydrogens (tertiary/aromatic N) is 3. The molecule has 2 heterocycles. The molecule has 0 aliphatic rings. The number of hydrogen-bond acceptors (Lipinski definition) is 5. The first kappa shape index (κ1) is 19.1. The fraction of sp³-hybridized carbons (Fsp3) is 0.130. The Kier molecular flexibility index (Phi) is 5.27. The van der Waals surface area contributed by atoms with Gasteiger partial charge in [-0.3, -0.25) is 9.59 Å². The lowest BCUT2D eigenvalue weighted by atomic mass is 10.1. The first-order valence-electron chi connectivity index (χ1n) is 9.20. The minimum atomic E-state index is -0.197. The van der Waals surface area contributed by atoms with Gasteiger partial charge in [-0.15, -0.1) is 0 Å². The lowest BCUT2D eigenvalue weighted by Gasteiger charge is -2.12. The van der Waals surface area contributed by atoms with Crippen LogP contribution in [0.1, 0.15) is 21.5 Å². The molecule has 0 amide bonds. The maximum absolute atomic E-state index is 13.2. The molecule has 29 heavy (non-hydrogen) atoms. The van der Waals surface area contributed by atoms with E-state index in [9.17, 15) is 9.59 Å². The molecule has 0 N–H and O–H groups in total. The van der Waals surface area contributed by atoms with Crippen molar-refractivity contribution in [2.45, 2.75) is 19.0 Å². The van der Waals surface area contributed by atoms with Crippen molar-refractivity contribution in [3.8, 4) is 5.82 Å². The summed E-state index contributed by atoms with van der Waals surface area (Å²) in [6, 6.07) is 18.4. The van der Waals surface area contributed by atoms with Crippen molar-refractivity contribution in [1.29, 1.82) is 0 Å². The van der Waals surface area contributed by atoms with Gasteiger partial charge < -0.3 is 0 Å². The van der Waals surface area contributed by atoms with Gasteiger partial charge in [0.05, 0.1) is 16.7 Å². The number of thioether (sulfide) groups is 1. The van der Waals surface area contributed by atoms with Crippen LogP contribution in [0.5, 0.6) is 0 Å². The first-order valence-corrected chi connectivity index (χ1v) is 10.2. The molecule has 6 heteroatoms. The summed E-state index contributed by atoms with van der Waals surface area (Å²) < 4.78 is 1.48. The Labute approximate surface area is 172 Å². The average Bonchev–Trinajstić information content (AvgIpc) is 2.73. The molecule has 0 unspecified atom stereocenters. The SMILES string of the molecule is Cc1ccc(C(=O)CSc2nc3ccccc3c(=O)n2-c2ccc(C)cn2)cc1. The number of ketones is 1. The number of rotatable bonds is 5. The molecule has 4 aromatic rings. The molecule has 144 valence electrons. The molecule has 5 nitrogen and oxygen atoms in total. The van der Waals surface area contributed by atoms with Crippen molar-refractivity contribution >= 4 is 28.4 Å². The van der Waals surface area contributed by atoms with Gasteiger partial charge in [0.1, 0.15) is 5.82 Å². The molecule has 0 saturated heterocycles. The molecule has 2 aromatic carbocycles. The van der Waals surface area contributed by atoms with E-state index < -0.39 is 0 Å². The van der Waals surface area contributed by atoms with Crippen LogP contribution in [-0.2, 0) is 0 Å². The van der Waals surface area contributed by atoms with Crippen LogP contribution in [-0.4, -0.2) is 26.1 Å². The highest BCUT2D eigenvalue weighted by Gasteiger charge is 2.16. The van der Waals surface area contributed by atoms with Crippen molar-refractivity contribution < 1.29 is 4.79 Å². The summed E-state index contributed by atoms with van der Waals surface area (Å²) in [6.07, 6.45) is 1.71. The third kappa shape index (κ3) is 3.98. The van der Waals surface area contributed by atoms with E-state index in [2.05, 4.69) is 9.97 Å². The van der Waals surface area contributed by atoms with Crippen molar-refractivity contribution in [2.24, 2.45) is 0 Å². The van der Waals surface area contributed by atoms with E-state index >= 15 is 0 Å². The summed E-state index contributed by atoms with van der Waals surface area (Å²) in [4.78, 5) is 34.8. The monoisotopic (exact) mass is 401 g/mol. The van der Waals surface area contributed by atoms with Crippen LogP contribution in [0, 0.1) is 13.8 Å². The third-order valence-electron chi connectivity index (χ3n) is 4.58. The maximum atomic E-state index is 13.2. The second kappa shape index (κ2) is 8.01. The van der Waals surface area contributed by atoms with E-state index in [1.54, 1.807) is 24.4 Å². The highest BCUT2D eigenvalue weighted by atomic mass is 32.2. The van der Waals surface area contributed by atoms with Gasteiger partial charge in [0.25, 0.3) is 5.56 Å². The van der Waals surface area contributed by atoms with Crippen LogP contribution < -0.4 is 5.56 Å². The average molecular weight is 401 g/mol. The number of benzene rings is 2. The van der Waals surface area contributed by atoms with Gasteiger partial charge in [0.15, 0.2) is 10.9 Å². The summed E-state index contributed by atoms with van der Waals surface area (Å²) in [5.74, 6) is 0.657. The minimum Gasteiger partial charge on any atom is -0.293 e. The molecular formula is C23H19N3O2S. The molecule has 0 saturated carbocycles. The van der Waals surface area contributed by atoms with Gasteiger partial charge in [-0.2, -0.15) is 0 Å². The van der Waals surface area contributed by atoms with Gasteiger partial charge >= 0.3 is 0 Å². The first-order chi connectivity index (χ1) is 14.0. The lowest BCUT2D eigenvalue weighted by Crippen LogP contribution is -2.23. The van der Waals surface area contributed by atoms with Crippen molar-refractivity contribution in [2.75, 3.05) is 5.75 Å². The van der Waals surface area contributed by atoms with Gasteiger partial charge in [-0.25, -0.2) is 14.5 Å². The van der Waals surface area contributed by atoms with Crippen LogP contribution in [0.15, 0.2) is 76.8 Å². The van der Waals surface area contributed by atoms with Gasteiger partial charge in [-0.05, 0) is 37.6 Å². The number of carbonyl (C=O) groups is 1. The summed E-state index contributed by atoms with van der Waals surface area (Å²) >= 11 is 1.24. The number of Topliss-reactive ketones (excluding diaryl/α,β-unsaturated/α-hetero) is 1. The molecule has 0 aliphatic carbocycles. The topological polar surface area (TPSA) is 64.8 Å². The van der Waals surface area contributed by atoms with E-state index in [1.807, 2.05) is 56.3 Å². The predicted octanol–water partition coefficient (Wildman–Crippen LogP) is 4.37. The summed E-state index contributed by atoms with van der Waals surface area (Å²) in [5.41, 5.74) is 3.15. The largest absolute Gasteiger partial charge is 0.293 e. The van der Waals surface area contributed by atoms with Crippen molar-refractivity contribution in [3.63, 3.8) is 0 Å². The molecule has 0 bridgehead atoms. The van der Waals surface area contributed by atoms with E-state index in [-0.39, 0.29) is 17.1 Å². The fourth-order valence-electron chi connectivity index (χ4n) is 2.96. The van der Waals surface area contributed by atoms with Gasteiger partial charge in [0.2, 0.25) is 0 Å². The Morgan fingerprint density at radius 3 is 2.41 bits per heavy atom. The Bertz CT molecular complexity index is 1250. The van der Waals surface area contributed by atoms with Crippen molar-refractivity contribution in [3.05, 3.63) is 93.9 Å². The summed E-state index contributed by atoms with van der Waals surface area (Å²) in [6.45, 7) is 3.92. The zero-order valence-electron chi connectivity index (χ0n) is 16.1. The van der Waals surface area contributed by atoms with Gasteiger partial charge in [-0.1, -0.05) is 59.8 Å². The van der Waals surface area contributed by atoms with Crippen LogP contribution in [0.4, 0.5) is 0 Å². The third-order valence-corrected chi connectivity index (χ3v) is 5.51. The number of carbonyl (C=O) groups excluding carboxylic acids is 1. The number of aromatic nitrogens is 3.